The summed E-state index contributed by atoms with van der Waals surface area (Å²) < 4.78 is 47.6. The second kappa shape index (κ2) is 10.7. The topological polar surface area (TPSA) is 54.9 Å². The molecule has 0 unspecified atom stereocenters. The van der Waals surface area contributed by atoms with E-state index < -0.39 is 12.6 Å². The Hall–Kier alpha value is -2.12. The Morgan fingerprint density at radius 1 is 1.16 bits per heavy atom. The largest absolute Gasteiger partial charge is 0.493 e. The molecule has 0 heterocycles. The molecule has 0 aromatic heterocycles. The summed E-state index contributed by atoms with van der Waals surface area (Å²) in [4.78, 5) is 4.30. The number of nitrogens with zero attached hydrogens (tertiary/aromatic N) is 1. The van der Waals surface area contributed by atoms with E-state index in [0.717, 1.165) is 12.0 Å². The zero-order valence-electron chi connectivity index (χ0n) is 14.9. The predicted molar refractivity (Wildman–Crippen MR) is 92.3 cm³/mol. The highest BCUT2D eigenvalue weighted by Gasteiger charge is 2.26. The summed E-state index contributed by atoms with van der Waals surface area (Å²) in [5.41, 5.74) is 0.869. The highest BCUT2D eigenvalue weighted by atomic mass is 19.4. The van der Waals surface area contributed by atoms with E-state index in [0.29, 0.717) is 37.2 Å². The van der Waals surface area contributed by atoms with Gasteiger partial charge in [0.1, 0.15) is 0 Å². The molecule has 0 atom stereocenters. The highest BCUT2D eigenvalue weighted by Crippen LogP contribution is 2.28. The SMILES string of the molecule is CCCOc1ccc(CN=C(NCC)NCCC(F)(F)F)cc1OC. The van der Waals surface area contributed by atoms with Crippen LogP contribution in [0.1, 0.15) is 32.3 Å². The van der Waals surface area contributed by atoms with Crippen molar-refractivity contribution in [3.63, 3.8) is 0 Å². The lowest BCUT2D eigenvalue weighted by molar-refractivity contribution is -0.132. The van der Waals surface area contributed by atoms with E-state index in [9.17, 15) is 13.2 Å². The van der Waals surface area contributed by atoms with E-state index in [1.165, 1.54) is 0 Å². The van der Waals surface area contributed by atoms with Crippen molar-refractivity contribution >= 4 is 5.96 Å². The van der Waals surface area contributed by atoms with E-state index >= 15 is 0 Å². The van der Waals surface area contributed by atoms with E-state index in [1.807, 2.05) is 32.0 Å². The fraction of sp³-hybridized carbons (Fsp3) is 0.588. The van der Waals surface area contributed by atoms with Crippen LogP contribution in [-0.4, -0.2) is 38.9 Å². The molecule has 0 radical (unpaired) electrons. The summed E-state index contributed by atoms with van der Waals surface area (Å²) in [7, 11) is 1.56. The molecule has 1 rings (SSSR count). The first kappa shape index (κ1) is 20.9. The van der Waals surface area contributed by atoms with Crippen LogP contribution in [0.3, 0.4) is 0 Å². The van der Waals surface area contributed by atoms with Crippen LogP contribution in [0.25, 0.3) is 0 Å². The number of aliphatic imine (C=N–C) groups is 1. The van der Waals surface area contributed by atoms with Crippen molar-refractivity contribution in [1.82, 2.24) is 10.6 Å². The standard InChI is InChI=1S/C17H26F3N3O2/c1-4-10-25-14-7-6-13(11-15(14)24-3)12-23-16(21-5-2)22-9-8-17(18,19)20/h6-7,11H,4-5,8-10,12H2,1-3H3,(H2,21,22,23). The van der Waals surface area contributed by atoms with Gasteiger partial charge in [-0.05, 0) is 31.0 Å². The molecule has 0 fully saturated rings. The molecule has 142 valence electrons. The third-order valence-corrected chi connectivity index (χ3v) is 3.15. The Balaban J connectivity index is 2.71. The lowest BCUT2D eigenvalue weighted by Gasteiger charge is -2.13. The molecule has 0 bridgehead atoms. The van der Waals surface area contributed by atoms with Crippen molar-refractivity contribution in [1.29, 1.82) is 0 Å². The molecule has 0 aliphatic rings. The number of hydrogen-bond acceptors (Lipinski definition) is 3. The van der Waals surface area contributed by atoms with Gasteiger partial charge in [-0.25, -0.2) is 4.99 Å². The number of methoxy groups -OCH3 is 1. The number of alkyl halides is 3. The predicted octanol–water partition coefficient (Wildman–Crippen LogP) is 3.49. The van der Waals surface area contributed by atoms with Gasteiger partial charge >= 0.3 is 6.18 Å². The second-order valence-electron chi connectivity index (χ2n) is 5.32. The van der Waals surface area contributed by atoms with Gasteiger partial charge in [-0.1, -0.05) is 13.0 Å². The maximum Gasteiger partial charge on any atom is 0.390 e. The maximum absolute atomic E-state index is 12.2. The quantitative estimate of drug-likeness (QED) is 0.522. The Morgan fingerprint density at radius 2 is 1.92 bits per heavy atom. The van der Waals surface area contributed by atoms with Gasteiger partial charge in [-0.3, -0.25) is 0 Å². The van der Waals surface area contributed by atoms with Crippen molar-refractivity contribution in [3.8, 4) is 11.5 Å². The van der Waals surface area contributed by atoms with Gasteiger partial charge in [-0.15, -0.1) is 0 Å². The number of hydrogen-bond donors (Lipinski definition) is 2. The summed E-state index contributed by atoms with van der Waals surface area (Å²) in [5.74, 6) is 1.61. The molecule has 0 saturated carbocycles. The minimum Gasteiger partial charge on any atom is -0.493 e. The molecule has 1 aromatic carbocycles. The van der Waals surface area contributed by atoms with Crippen molar-refractivity contribution in [2.75, 3.05) is 26.8 Å². The Labute approximate surface area is 146 Å². The fourth-order valence-corrected chi connectivity index (χ4v) is 1.98. The molecule has 0 amide bonds. The molecule has 1 aromatic rings. The lowest BCUT2D eigenvalue weighted by atomic mass is 10.2. The van der Waals surface area contributed by atoms with Gasteiger partial charge in [-0.2, -0.15) is 13.2 Å². The lowest BCUT2D eigenvalue weighted by Crippen LogP contribution is -2.38. The molecular weight excluding hydrogens is 335 g/mol. The third-order valence-electron chi connectivity index (χ3n) is 3.15. The van der Waals surface area contributed by atoms with Crippen LogP contribution in [0, 0.1) is 0 Å². The molecule has 0 aliphatic heterocycles. The van der Waals surface area contributed by atoms with Gasteiger partial charge in [0.25, 0.3) is 0 Å². The van der Waals surface area contributed by atoms with Crippen LogP contribution in [0.5, 0.6) is 11.5 Å². The minimum atomic E-state index is -4.19. The zero-order valence-corrected chi connectivity index (χ0v) is 14.9. The number of nitrogens with one attached hydrogen (secondary N) is 2. The van der Waals surface area contributed by atoms with Crippen LogP contribution < -0.4 is 20.1 Å². The molecule has 2 N–H and O–H groups in total. The third kappa shape index (κ3) is 8.51. The van der Waals surface area contributed by atoms with E-state index in [-0.39, 0.29) is 6.54 Å². The first-order valence-electron chi connectivity index (χ1n) is 8.28. The molecular formula is C17H26F3N3O2. The smallest absolute Gasteiger partial charge is 0.390 e. The molecule has 0 spiro atoms. The van der Waals surface area contributed by atoms with Gasteiger partial charge in [0.15, 0.2) is 17.5 Å². The molecule has 0 saturated heterocycles. The number of halogens is 3. The maximum atomic E-state index is 12.2. The van der Waals surface area contributed by atoms with Gasteiger partial charge in [0.05, 0.1) is 26.7 Å². The van der Waals surface area contributed by atoms with E-state index in [1.54, 1.807) is 7.11 Å². The number of ether oxygens (including phenoxy) is 2. The van der Waals surface area contributed by atoms with Crippen molar-refractivity contribution in [2.24, 2.45) is 4.99 Å². The van der Waals surface area contributed by atoms with Crippen LogP contribution in [-0.2, 0) is 6.54 Å². The fourth-order valence-electron chi connectivity index (χ4n) is 1.98. The Bertz CT molecular complexity index is 548. The number of rotatable bonds is 9. The molecule has 8 heteroatoms. The van der Waals surface area contributed by atoms with Crippen LogP contribution in [0.15, 0.2) is 23.2 Å². The summed E-state index contributed by atoms with van der Waals surface area (Å²) in [6.45, 7) is 5.12. The highest BCUT2D eigenvalue weighted by molar-refractivity contribution is 5.79. The van der Waals surface area contributed by atoms with E-state index in [2.05, 4.69) is 15.6 Å². The normalized spacial score (nSPS) is 12.0. The second-order valence-corrected chi connectivity index (χ2v) is 5.32. The summed E-state index contributed by atoms with van der Waals surface area (Å²) in [6, 6.07) is 5.48. The Morgan fingerprint density at radius 3 is 2.52 bits per heavy atom. The van der Waals surface area contributed by atoms with Crippen molar-refractivity contribution in [2.45, 2.75) is 39.4 Å². The van der Waals surface area contributed by atoms with Gasteiger partial charge in [0.2, 0.25) is 0 Å². The summed E-state index contributed by atoms with van der Waals surface area (Å²) in [6.07, 6.45) is -4.20. The molecule has 0 aliphatic carbocycles. The van der Waals surface area contributed by atoms with Gasteiger partial charge < -0.3 is 20.1 Å². The zero-order chi connectivity index (χ0) is 18.7. The number of guanidine groups is 1. The molecule has 25 heavy (non-hydrogen) atoms. The van der Waals surface area contributed by atoms with Crippen molar-refractivity contribution in [3.05, 3.63) is 23.8 Å². The molecule has 5 nitrogen and oxygen atoms in total. The minimum absolute atomic E-state index is 0.220. The monoisotopic (exact) mass is 361 g/mol. The number of benzene rings is 1. The van der Waals surface area contributed by atoms with E-state index in [4.69, 9.17) is 9.47 Å². The van der Waals surface area contributed by atoms with Crippen molar-refractivity contribution < 1.29 is 22.6 Å². The first-order chi connectivity index (χ1) is 11.9. The first-order valence-corrected chi connectivity index (χ1v) is 8.28. The Kier molecular flexibility index (Phi) is 8.94. The van der Waals surface area contributed by atoms with Gasteiger partial charge in [0, 0.05) is 13.1 Å². The summed E-state index contributed by atoms with van der Waals surface area (Å²) in [5, 5.41) is 5.60. The van der Waals surface area contributed by atoms with Crippen LogP contribution in [0.4, 0.5) is 13.2 Å². The average molecular weight is 361 g/mol. The van der Waals surface area contributed by atoms with Crippen LogP contribution >= 0.6 is 0 Å². The van der Waals surface area contributed by atoms with Crippen LogP contribution in [0.2, 0.25) is 0 Å². The average Bonchev–Trinajstić information content (AvgIpc) is 2.57. The summed E-state index contributed by atoms with van der Waals surface area (Å²) >= 11 is 0.